The number of nitrogens with zero attached hydrogens (tertiary/aromatic N) is 5. The zero-order valence-corrected chi connectivity index (χ0v) is 21.4. The first-order chi connectivity index (χ1) is 17.2. The van der Waals surface area contributed by atoms with Crippen LogP contribution in [0.4, 0.5) is 5.69 Å². The van der Waals surface area contributed by atoms with Crippen LogP contribution < -0.4 is 10.2 Å². The fourth-order valence-corrected chi connectivity index (χ4v) is 4.19. The number of nitrogens with one attached hydrogen (secondary N) is 1. The molecule has 0 fully saturated rings. The van der Waals surface area contributed by atoms with E-state index in [9.17, 15) is 9.59 Å². The van der Waals surface area contributed by atoms with Gasteiger partial charge in [0.2, 0.25) is 11.8 Å². The Morgan fingerprint density at radius 2 is 1.78 bits per heavy atom. The molecule has 4 aromatic rings. The van der Waals surface area contributed by atoms with E-state index >= 15 is 0 Å². The summed E-state index contributed by atoms with van der Waals surface area (Å²) in [5, 5.41) is 11.5. The van der Waals surface area contributed by atoms with Gasteiger partial charge in [0.1, 0.15) is 18.1 Å². The number of carbonyl (C=O) groups is 2. The standard InChI is InChI=1S/C28H32N6O2/c1-6-28(4,5)30-27(36)26(21-13-15-29-16-14-21)34(23-12-11-19(2)17-20(23)3)25(35)18-33-24-10-8-7-9-22(24)31-32-33/h7-17,26H,6,18H2,1-5H3,(H,30,36)/t26-/m1/s1. The molecule has 2 aromatic heterocycles. The number of fused-ring (bicyclic) bond motifs is 1. The number of para-hydroxylation sites is 1. The molecule has 186 valence electrons. The van der Waals surface area contributed by atoms with Crippen molar-refractivity contribution in [2.24, 2.45) is 0 Å². The monoisotopic (exact) mass is 484 g/mol. The topological polar surface area (TPSA) is 93.0 Å². The first-order valence-corrected chi connectivity index (χ1v) is 12.1. The Kier molecular flexibility index (Phi) is 7.15. The molecule has 2 aromatic carbocycles. The number of aryl methyl sites for hydroxylation is 2. The summed E-state index contributed by atoms with van der Waals surface area (Å²) < 4.78 is 1.58. The van der Waals surface area contributed by atoms with Gasteiger partial charge in [-0.15, -0.1) is 5.10 Å². The van der Waals surface area contributed by atoms with Crippen LogP contribution >= 0.6 is 0 Å². The van der Waals surface area contributed by atoms with Crippen molar-refractivity contribution in [1.29, 1.82) is 0 Å². The maximum atomic E-state index is 14.1. The van der Waals surface area contributed by atoms with Crippen molar-refractivity contribution in [3.8, 4) is 0 Å². The molecule has 8 nitrogen and oxygen atoms in total. The summed E-state index contributed by atoms with van der Waals surface area (Å²) in [6.07, 6.45) is 4.01. The largest absolute Gasteiger partial charge is 0.349 e. The molecule has 1 N–H and O–H groups in total. The molecule has 0 bridgehead atoms. The molecule has 2 heterocycles. The Balaban J connectivity index is 1.84. The minimum atomic E-state index is -0.900. The van der Waals surface area contributed by atoms with E-state index in [0.717, 1.165) is 23.1 Å². The number of hydrogen-bond acceptors (Lipinski definition) is 5. The fraction of sp³-hybridized carbons (Fsp3) is 0.321. The number of hydrogen-bond donors (Lipinski definition) is 1. The molecular weight excluding hydrogens is 452 g/mol. The summed E-state index contributed by atoms with van der Waals surface area (Å²) in [5.41, 5.74) is 4.32. The predicted octanol–water partition coefficient (Wildman–Crippen LogP) is 4.52. The van der Waals surface area contributed by atoms with E-state index in [2.05, 4.69) is 20.6 Å². The molecule has 2 amide bonds. The molecule has 0 aliphatic rings. The van der Waals surface area contributed by atoms with Gasteiger partial charge in [0.05, 0.1) is 5.52 Å². The molecule has 0 unspecified atom stereocenters. The summed E-state index contributed by atoms with van der Waals surface area (Å²) in [5.74, 6) is -0.534. The summed E-state index contributed by atoms with van der Waals surface area (Å²) in [7, 11) is 0. The van der Waals surface area contributed by atoms with Crippen LogP contribution in [0.5, 0.6) is 0 Å². The van der Waals surface area contributed by atoms with Gasteiger partial charge in [0.25, 0.3) is 0 Å². The van der Waals surface area contributed by atoms with E-state index in [4.69, 9.17) is 0 Å². The minimum Gasteiger partial charge on any atom is -0.349 e. The van der Waals surface area contributed by atoms with Gasteiger partial charge >= 0.3 is 0 Å². The van der Waals surface area contributed by atoms with E-state index in [0.29, 0.717) is 16.8 Å². The first-order valence-electron chi connectivity index (χ1n) is 12.1. The first kappa shape index (κ1) is 25.0. The van der Waals surface area contributed by atoms with Crippen molar-refractivity contribution in [2.45, 2.75) is 59.2 Å². The molecular formula is C28H32N6O2. The lowest BCUT2D eigenvalue weighted by Gasteiger charge is -2.35. The zero-order chi connectivity index (χ0) is 25.9. The molecule has 0 saturated heterocycles. The average molecular weight is 485 g/mol. The second-order valence-corrected chi connectivity index (χ2v) is 9.70. The van der Waals surface area contributed by atoms with Crippen LogP contribution in [0.25, 0.3) is 11.0 Å². The Bertz CT molecular complexity index is 1380. The highest BCUT2D eigenvalue weighted by molar-refractivity contribution is 6.02. The van der Waals surface area contributed by atoms with E-state index in [-0.39, 0.29) is 18.4 Å². The van der Waals surface area contributed by atoms with Crippen LogP contribution in [0.2, 0.25) is 0 Å². The van der Waals surface area contributed by atoms with E-state index in [1.54, 1.807) is 34.1 Å². The van der Waals surface area contributed by atoms with Crippen LogP contribution in [-0.4, -0.2) is 37.3 Å². The van der Waals surface area contributed by atoms with Gasteiger partial charge < -0.3 is 5.32 Å². The Morgan fingerprint density at radius 3 is 2.47 bits per heavy atom. The lowest BCUT2D eigenvalue weighted by atomic mass is 9.98. The lowest BCUT2D eigenvalue weighted by molar-refractivity contribution is -0.128. The van der Waals surface area contributed by atoms with Gasteiger partial charge in [-0.25, -0.2) is 4.68 Å². The molecule has 0 aliphatic heterocycles. The van der Waals surface area contributed by atoms with Crippen LogP contribution in [0.15, 0.2) is 67.0 Å². The molecule has 0 radical (unpaired) electrons. The smallest absolute Gasteiger partial charge is 0.249 e. The number of anilines is 1. The average Bonchev–Trinajstić information content (AvgIpc) is 3.26. The summed E-state index contributed by atoms with van der Waals surface area (Å²) in [6, 6.07) is 16.0. The van der Waals surface area contributed by atoms with Crippen molar-refractivity contribution in [3.05, 3.63) is 83.7 Å². The van der Waals surface area contributed by atoms with E-state index < -0.39 is 11.6 Å². The predicted molar refractivity (Wildman–Crippen MR) is 140 cm³/mol. The maximum absolute atomic E-state index is 14.1. The quantitative estimate of drug-likeness (QED) is 0.397. The van der Waals surface area contributed by atoms with Crippen LogP contribution in [0, 0.1) is 13.8 Å². The highest BCUT2D eigenvalue weighted by Gasteiger charge is 2.36. The van der Waals surface area contributed by atoms with Gasteiger partial charge in [0.15, 0.2) is 0 Å². The van der Waals surface area contributed by atoms with Crippen molar-refractivity contribution in [2.75, 3.05) is 4.90 Å². The highest BCUT2D eigenvalue weighted by Crippen LogP contribution is 2.32. The molecule has 0 spiro atoms. The molecule has 36 heavy (non-hydrogen) atoms. The molecule has 0 saturated carbocycles. The van der Waals surface area contributed by atoms with E-state index in [1.165, 1.54) is 0 Å². The number of carbonyl (C=O) groups excluding carboxylic acids is 2. The highest BCUT2D eigenvalue weighted by atomic mass is 16.2. The van der Waals surface area contributed by atoms with Crippen molar-refractivity contribution in [3.63, 3.8) is 0 Å². The van der Waals surface area contributed by atoms with Crippen molar-refractivity contribution in [1.82, 2.24) is 25.3 Å². The SMILES string of the molecule is CCC(C)(C)NC(=O)[C@@H](c1ccncc1)N(C(=O)Cn1nnc2ccccc21)c1ccc(C)cc1C. The number of pyridine rings is 1. The van der Waals surface area contributed by atoms with Crippen LogP contribution in [0.1, 0.15) is 49.9 Å². The van der Waals surface area contributed by atoms with Gasteiger partial charge in [0, 0.05) is 23.6 Å². The number of benzene rings is 2. The number of amides is 2. The van der Waals surface area contributed by atoms with Gasteiger partial charge in [-0.2, -0.15) is 0 Å². The Morgan fingerprint density at radius 1 is 1.06 bits per heavy atom. The third-order valence-corrected chi connectivity index (χ3v) is 6.46. The van der Waals surface area contributed by atoms with Crippen LogP contribution in [-0.2, 0) is 16.1 Å². The summed E-state index contributed by atoms with van der Waals surface area (Å²) in [4.78, 5) is 33.7. The zero-order valence-electron chi connectivity index (χ0n) is 21.4. The van der Waals surface area contributed by atoms with Crippen molar-refractivity contribution >= 4 is 28.5 Å². The molecule has 1 atom stereocenters. The Labute approximate surface area is 211 Å². The minimum absolute atomic E-state index is 0.0696. The second-order valence-electron chi connectivity index (χ2n) is 9.70. The van der Waals surface area contributed by atoms with Crippen LogP contribution in [0.3, 0.4) is 0 Å². The maximum Gasteiger partial charge on any atom is 0.249 e. The third-order valence-electron chi connectivity index (χ3n) is 6.46. The normalized spacial score (nSPS) is 12.4. The van der Waals surface area contributed by atoms with E-state index in [1.807, 2.05) is 77.1 Å². The fourth-order valence-electron chi connectivity index (χ4n) is 4.19. The van der Waals surface area contributed by atoms with Crippen molar-refractivity contribution < 1.29 is 9.59 Å². The second kappa shape index (κ2) is 10.3. The van der Waals surface area contributed by atoms with Gasteiger partial charge in [-0.3, -0.25) is 19.5 Å². The molecule has 8 heteroatoms. The number of aromatic nitrogens is 4. The van der Waals surface area contributed by atoms with Gasteiger partial charge in [-0.1, -0.05) is 42.0 Å². The third kappa shape index (κ3) is 5.27. The molecule has 4 rings (SSSR count). The summed E-state index contributed by atoms with van der Waals surface area (Å²) >= 11 is 0. The number of rotatable bonds is 8. The van der Waals surface area contributed by atoms with Gasteiger partial charge in [-0.05, 0) is 75.6 Å². The Hall–Kier alpha value is -4.07. The lowest BCUT2D eigenvalue weighted by Crippen LogP contribution is -2.51. The molecule has 0 aliphatic carbocycles. The summed E-state index contributed by atoms with van der Waals surface area (Å²) in [6.45, 7) is 9.84.